The number of aromatic nitrogens is 4. The van der Waals surface area contributed by atoms with Crippen molar-refractivity contribution >= 4 is 44.5 Å². The van der Waals surface area contributed by atoms with Crippen molar-refractivity contribution in [1.29, 1.82) is 0 Å². The van der Waals surface area contributed by atoms with E-state index in [4.69, 9.17) is 16.3 Å². The van der Waals surface area contributed by atoms with E-state index in [9.17, 15) is 4.39 Å². The van der Waals surface area contributed by atoms with Crippen molar-refractivity contribution in [3.05, 3.63) is 33.6 Å². The Kier molecular flexibility index (Phi) is 3.64. The number of benzene rings is 1. The van der Waals surface area contributed by atoms with Crippen LogP contribution in [0.5, 0.6) is 11.6 Å². The van der Waals surface area contributed by atoms with Gasteiger partial charge in [0.2, 0.25) is 11.8 Å². The summed E-state index contributed by atoms with van der Waals surface area (Å²) in [6.45, 7) is 0. The lowest BCUT2D eigenvalue weighted by Gasteiger charge is -2.09. The maximum atomic E-state index is 13.6. The number of anilines is 1. The smallest absolute Gasteiger partial charge is 0.235 e. The Morgan fingerprint density at radius 2 is 2.19 bits per heavy atom. The van der Waals surface area contributed by atoms with E-state index in [2.05, 4.69) is 41.4 Å². The molecule has 21 heavy (non-hydrogen) atoms. The third kappa shape index (κ3) is 2.64. The van der Waals surface area contributed by atoms with Gasteiger partial charge in [-0.2, -0.15) is 15.1 Å². The summed E-state index contributed by atoms with van der Waals surface area (Å²) in [6.07, 6.45) is 1.53. The standard InChI is InChI=1S/C12H8BrClFN5O/c1-16-12-18-10-5(4-17-20-10)11(19-12)21-9-3-8(15)7(14)2-6(9)13/h2-4H,1H3,(H2,16,17,18,19,20). The Hall–Kier alpha value is -1.93. The topological polar surface area (TPSA) is 75.7 Å². The molecule has 2 N–H and O–H groups in total. The zero-order chi connectivity index (χ0) is 15.0. The van der Waals surface area contributed by atoms with Crippen molar-refractivity contribution in [1.82, 2.24) is 20.2 Å². The number of fused-ring (bicyclic) bond motifs is 1. The van der Waals surface area contributed by atoms with Crippen molar-refractivity contribution in [3.63, 3.8) is 0 Å². The first-order valence-electron chi connectivity index (χ1n) is 5.79. The molecule has 0 unspecified atom stereocenters. The minimum Gasteiger partial charge on any atom is -0.437 e. The number of hydrogen-bond acceptors (Lipinski definition) is 5. The van der Waals surface area contributed by atoms with Gasteiger partial charge >= 0.3 is 0 Å². The van der Waals surface area contributed by atoms with Gasteiger partial charge in [-0.15, -0.1) is 0 Å². The second-order valence-corrected chi connectivity index (χ2v) is 5.29. The van der Waals surface area contributed by atoms with Gasteiger partial charge in [0, 0.05) is 13.1 Å². The van der Waals surface area contributed by atoms with Crippen molar-refractivity contribution < 1.29 is 9.13 Å². The average molecular weight is 373 g/mol. The molecular weight excluding hydrogens is 365 g/mol. The first-order chi connectivity index (χ1) is 10.1. The number of nitrogens with one attached hydrogen (secondary N) is 2. The summed E-state index contributed by atoms with van der Waals surface area (Å²) in [5, 5.41) is 10.0. The van der Waals surface area contributed by atoms with Crippen LogP contribution in [0.15, 0.2) is 22.8 Å². The Balaban J connectivity index is 2.09. The fourth-order valence-electron chi connectivity index (χ4n) is 1.68. The molecule has 2 aromatic heterocycles. The highest BCUT2D eigenvalue weighted by molar-refractivity contribution is 9.10. The summed E-state index contributed by atoms with van der Waals surface area (Å²) in [5.74, 6) is 0.272. The molecule has 0 radical (unpaired) electrons. The monoisotopic (exact) mass is 371 g/mol. The molecule has 0 saturated heterocycles. The molecule has 3 rings (SSSR count). The number of rotatable bonds is 3. The van der Waals surface area contributed by atoms with Crippen LogP contribution < -0.4 is 10.1 Å². The van der Waals surface area contributed by atoms with Gasteiger partial charge in [-0.3, -0.25) is 5.10 Å². The Morgan fingerprint density at radius 3 is 2.95 bits per heavy atom. The zero-order valence-electron chi connectivity index (χ0n) is 10.6. The van der Waals surface area contributed by atoms with E-state index < -0.39 is 5.82 Å². The summed E-state index contributed by atoms with van der Waals surface area (Å²) in [7, 11) is 1.68. The largest absolute Gasteiger partial charge is 0.437 e. The van der Waals surface area contributed by atoms with E-state index in [0.717, 1.165) is 0 Å². The molecule has 0 bridgehead atoms. The number of nitrogens with zero attached hydrogens (tertiary/aromatic N) is 3. The van der Waals surface area contributed by atoms with E-state index in [1.165, 1.54) is 18.3 Å². The molecular formula is C12H8BrClFN5O. The van der Waals surface area contributed by atoms with Crippen LogP contribution in [-0.2, 0) is 0 Å². The molecule has 0 aliphatic heterocycles. The van der Waals surface area contributed by atoms with E-state index >= 15 is 0 Å². The normalized spacial score (nSPS) is 10.9. The van der Waals surface area contributed by atoms with Gasteiger partial charge in [0.25, 0.3) is 0 Å². The highest BCUT2D eigenvalue weighted by atomic mass is 79.9. The third-order valence-corrected chi connectivity index (χ3v) is 3.59. The summed E-state index contributed by atoms with van der Waals surface area (Å²) in [4.78, 5) is 8.38. The summed E-state index contributed by atoms with van der Waals surface area (Å²) < 4.78 is 19.7. The van der Waals surface area contributed by atoms with E-state index in [1.54, 1.807) is 7.05 Å². The van der Waals surface area contributed by atoms with Gasteiger partial charge in [-0.25, -0.2) is 4.39 Å². The number of hydrogen-bond donors (Lipinski definition) is 2. The van der Waals surface area contributed by atoms with Gasteiger partial charge < -0.3 is 10.1 Å². The van der Waals surface area contributed by atoms with Crippen molar-refractivity contribution in [3.8, 4) is 11.6 Å². The molecule has 0 spiro atoms. The second-order valence-electron chi connectivity index (χ2n) is 4.03. The summed E-state index contributed by atoms with van der Waals surface area (Å²) in [6, 6.07) is 2.60. The number of H-pyrrole nitrogens is 1. The Bertz CT molecular complexity index is 825. The molecule has 0 aliphatic rings. The predicted molar refractivity (Wildman–Crippen MR) is 80.4 cm³/mol. The Morgan fingerprint density at radius 1 is 1.38 bits per heavy atom. The molecule has 2 heterocycles. The fraction of sp³-hybridized carbons (Fsp3) is 0.0833. The molecule has 0 aliphatic carbocycles. The van der Waals surface area contributed by atoms with Crippen LogP contribution in [0.4, 0.5) is 10.3 Å². The molecule has 6 nitrogen and oxygen atoms in total. The van der Waals surface area contributed by atoms with E-state index in [-0.39, 0.29) is 16.7 Å². The maximum Gasteiger partial charge on any atom is 0.235 e. The highest BCUT2D eigenvalue weighted by Gasteiger charge is 2.14. The van der Waals surface area contributed by atoms with Crippen LogP contribution >= 0.6 is 27.5 Å². The minimum atomic E-state index is -0.582. The van der Waals surface area contributed by atoms with E-state index in [0.29, 0.717) is 21.5 Å². The SMILES string of the molecule is CNc1nc(Oc2cc(F)c(Cl)cc2Br)c2cn[nH]c2n1. The van der Waals surface area contributed by atoms with Crippen LogP contribution in [-0.4, -0.2) is 27.2 Å². The van der Waals surface area contributed by atoms with Gasteiger partial charge in [0.05, 0.1) is 15.7 Å². The molecule has 108 valence electrons. The number of aromatic amines is 1. The Labute approximate surface area is 131 Å². The second kappa shape index (κ2) is 5.45. The van der Waals surface area contributed by atoms with Gasteiger partial charge in [0.15, 0.2) is 5.65 Å². The molecule has 1 aromatic carbocycles. The van der Waals surface area contributed by atoms with Crippen molar-refractivity contribution in [2.45, 2.75) is 0 Å². The molecule has 0 amide bonds. The molecule has 0 fully saturated rings. The molecule has 0 atom stereocenters. The number of ether oxygens (including phenoxy) is 1. The molecule has 3 aromatic rings. The minimum absolute atomic E-state index is 0.00119. The first kappa shape index (κ1) is 14.0. The maximum absolute atomic E-state index is 13.6. The van der Waals surface area contributed by atoms with Gasteiger partial charge in [-0.1, -0.05) is 11.6 Å². The van der Waals surface area contributed by atoms with Crippen LogP contribution in [0.1, 0.15) is 0 Å². The van der Waals surface area contributed by atoms with Crippen LogP contribution in [0.25, 0.3) is 11.0 Å². The van der Waals surface area contributed by atoms with Gasteiger partial charge in [-0.05, 0) is 22.0 Å². The van der Waals surface area contributed by atoms with Crippen molar-refractivity contribution in [2.24, 2.45) is 0 Å². The summed E-state index contributed by atoms with van der Waals surface area (Å²) >= 11 is 8.97. The van der Waals surface area contributed by atoms with Crippen molar-refractivity contribution in [2.75, 3.05) is 12.4 Å². The number of halogens is 3. The predicted octanol–water partition coefficient (Wildman–Crippen LogP) is 3.74. The van der Waals surface area contributed by atoms with Crippen LogP contribution in [0, 0.1) is 5.82 Å². The lowest BCUT2D eigenvalue weighted by atomic mass is 10.3. The average Bonchev–Trinajstić information content (AvgIpc) is 2.93. The quantitative estimate of drug-likeness (QED) is 0.685. The lowest BCUT2D eigenvalue weighted by Crippen LogP contribution is -1.99. The lowest BCUT2D eigenvalue weighted by molar-refractivity contribution is 0.461. The van der Waals surface area contributed by atoms with Crippen LogP contribution in [0.3, 0.4) is 0 Å². The molecule has 9 heteroatoms. The molecule has 0 saturated carbocycles. The van der Waals surface area contributed by atoms with Gasteiger partial charge in [0.1, 0.15) is 17.0 Å². The summed E-state index contributed by atoms with van der Waals surface area (Å²) in [5.41, 5.74) is 0.509. The fourth-order valence-corrected chi connectivity index (χ4v) is 2.40. The first-order valence-corrected chi connectivity index (χ1v) is 6.97. The van der Waals surface area contributed by atoms with E-state index in [1.807, 2.05) is 0 Å². The third-order valence-electron chi connectivity index (χ3n) is 2.68. The zero-order valence-corrected chi connectivity index (χ0v) is 13.0. The highest BCUT2D eigenvalue weighted by Crippen LogP contribution is 2.35. The van der Waals surface area contributed by atoms with Crippen LogP contribution in [0.2, 0.25) is 5.02 Å².